The second-order valence-electron chi connectivity index (χ2n) is 7.61. The maximum atomic E-state index is 13.5. The number of nitrogens with zero attached hydrogens (tertiary/aromatic N) is 3. The third-order valence-electron chi connectivity index (χ3n) is 5.45. The van der Waals surface area contributed by atoms with Crippen LogP contribution in [0.25, 0.3) is 39.6 Å². The maximum Gasteiger partial charge on any atom is 0.273 e. The third kappa shape index (κ3) is 4.05. The van der Waals surface area contributed by atoms with Crippen molar-refractivity contribution in [1.82, 2.24) is 15.0 Å². The van der Waals surface area contributed by atoms with Crippen molar-refractivity contribution < 1.29 is 9.32 Å². The lowest BCUT2D eigenvalue weighted by molar-refractivity contribution is -0.115. The second kappa shape index (κ2) is 9.25. The zero-order valence-corrected chi connectivity index (χ0v) is 19.4. The number of aromatic nitrogens is 2. The van der Waals surface area contributed by atoms with E-state index in [0.29, 0.717) is 21.5 Å². The SMILES string of the molecule is CNC(=O)/C(C#N)=c1\s/c(=C/c2ccc3noc(-c4ccccc4)c3c2)c(=O)n1-c1ccccc1. The molecule has 1 N–H and O–H groups in total. The molecule has 0 fully saturated rings. The first-order chi connectivity index (χ1) is 17.1. The van der Waals surface area contributed by atoms with Crippen LogP contribution in [0.4, 0.5) is 0 Å². The summed E-state index contributed by atoms with van der Waals surface area (Å²) in [6.45, 7) is 0. The van der Waals surface area contributed by atoms with Crippen LogP contribution in [0.1, 0.15) is 5.56 Å². The van der Waals surface area contributed by atoms with Gasteiger partial charge < -0.3 is 9.84 Å². The number of benzene rings is 3. The molecular formula is C27H18N4O3S. The summed E-state index contributed by atoms with van der Waals surface area (Å²) in [6.07, 6.45) is 1.75. The lowest BCUT2D eigenvalue weighted by atomic mass is 10.1. The highest BCUT2D eigenvalue weighted by molar-refractivity contribution is 7.07. The van der Waals surface area contributed by atoms with Gasteiger partial charge in [-0.15, -0.1) is 11.3 Å². The Bertz CT molecular complexity index is 1780. The maximum absolute atomic E-state index is 13.5. The molecule has 0 atom stereocenters. The van der Waals surface area contributed by atoms with Gasteiger partial charge in [0, 0.05) is 12.6 Å². The monoisotopic (exact) mass is 478 g/mol. The lowest BCUT2D eigenvalue weighted by Crippen LogP contribution is -2.33. The average Bonchev–Trinajstić information content (AvgIpc) is 3.46. The van der Waals surface area contributed by atoms with Gasteiger partial charge in [-0.2, -0.15) is 5.26 Å². The summed E-state index contributed by atoms with van der Waals surface area (Å²) in [5, 5.41) is 17.1. The largest absolute Gasteiger partial charge is 0.355 e. The number of hydrogen-bond donors (Lipinski definition) is 1. The molecular weight excluding hydrogens is 460 g/mol. The van der Waals surface area contributed by atoms with E-state index in [0.717, 1.165) is 27.8 Å². The molecule has 0 bridgehead atoms. The minimum atomic E-state index is -0.552. The zero-order valence-electron chi connectivity index (χ0n) is 18.6. The number of amides is 1. The van der Waals surface area contributed by atoms with Crippen LogP contribution in [0.3, 0.4) is 0 Å². The smallest absolute Gasteiger partial charge is 0.273 e. The summed E-state index contributed by atoms with van der Waals surface area (Å²) in [5.74, 6) is 0.0903. The minimum Gasteiger partial charge on any atom is -0.355 e. The van der Waals surface area contributed by atoms with Gasteiger partial charge in [0.05, 0.1) is 15.6 Å². The number of carbonyl (C=O) groups is 1. The van der Waals surface area contributed by atoms with Crippen LogP contribution in [-0.2, 0) is 4.79 Å². The predicted octanol–water partition coefficient (Wildman–Crippen LogP) is 2.96. The summed E-state index contributed by atoms with van der Waals surface area (Å²) >= 11 is 1.10. The quantitative estimate of drug-likeness (QED) is 0.428. The Hall–Kier alpha value is -4.74. The van der Waals surface area contributed by atoms with Gasteiger partial charge in [-0.05, 0) is 35.9 Å². The van der Waals surface area contributed by atoms with Crippen LogP contribution < -0.4 is 20.1 Å². The van der Waals surface area contributed by atoms with Crippen LogP contribution in [0, 0.1) is 11.3 Å². The molecule has 2 aromatic heterocycles. The fraction of sp³-hybridized carbons (Fsp3) is 0.0370. The van der Waals surface area contributed by atoms with Crippen molar-refractivity contribution in [2.45, 2.75) is 0 Å². The lowest BCUT2D eigenvalue weighted by Gasteiger charge is -2.02. The molecule has 0 aliphatic rings. The summed E-state index contributed by atoms with van der Waals surface area (Å²) < 4.78 is 7.64. The van der Waals surface area contributed by atoms with Crippen molar-refractivity contribution in [2.75, 3.05) is 7.05 Å². The molecule has 35 heavy (non-hydrogen) atoms. The molecule has 2 heterocycles. The van der Waals surface area contributed by atoms with Gasteiger partial charge in [-0.3, -0.25) is 14.2 Å². The summed E-state index contributed by atoms with van der Waals surface area (Å²) in [4.78, 5) is 25.9. The fourth-order valence-corrected chi connectivity index (χ4v) is 4.88. The summed E-state index contributed by atoms with van der Waals surface area (Å²) in [5.41, 5.74) is 2.49. The number of hydrogen-bond acceptors (Lipinski definition) is 6. The highest BCUT2D eigenvalue weighted by atomic mass is 32.1. The van der Waals surface area contributed by atoms with E-state index in [1.807, 2.05) is 60.7 Å². The first-order valence-electron chi connectivity index (χ1n) is 10.7. The number of fused-ring (bicyclic) bond motifs is 1. The van der Waals surface area contributed by atoms with Crippen LogP contribution >= 0.6 is 11.3 Å². The number of rotatable bonds is 4. The molecule has 0 aliphatic heterocycles. The molecule has 0 saturated carbocycles. The van der Waals surface area contributed by atoms with E-state index >= 15 is 0 Å². The van der Waals surface area contributed by atoms with Crippen LogP contribution in [-0.4, -0.2) is 22.7 Å². The van der Waals surface area contributed by atoms with Gasteiger partial charge in [-0.25, -0.2) is 0 Å². The molecule has 0 spiro atoms. The van der Waals surface area contributed by atoms with E-state index in [1.165, 1.54) is 11.6 Å². The highest BCUT2D eigenvalue weighted by Crippen LogP contribution is 2.29. The van der Waals surface area contributed by atoms with Gasteiger partial charge in [0.15, 0.2) is 11.3 Å². The van der Waals surface area contributed by atoms with Crippen LogP contribution in [0.5, 0.6) is 0 Å². The summed E-state index contributed by atoms with van der Waals surface area (Å²) in [7, 11) is 1.45. The molecule has 3 aromatic carbocycles. The van der Waals surface area contributed by atoms with E-state index < -0.39 is 5.91 Å². The number of thiazole rings is 1. The predicted molar refractivity (Wildman–Crippen MR) is 135 cm³/mol. The molecule has 0 unspecified atom stereocenters. The Morgan fingerprint density at radius 2 is 1.80 bits per heavy atom. The zero-order chi connectivity index (χ0) is 24.4. The van der Waals surface area contributed by atoms with Crippen LogP contribution in [0.2, 0.25) is 0 Å². The van der Waals surface area contributed by atoms with E-state index in [2.05, 4.69) is 10.5 Å². The van der Waals surface area contributed by atoms with E-state index in [1.54, 1.807) is 30.3 Å². The van der Waals surface area contributed by atoms with Crippen molar-refractivity contribution in [1.29, 1.82) is 5.26 Å². The van der Waals surface area contributed by atoms with E-state index in [9.17, 15) is 14.9 Å². The molecule has 1 amide bonds. The molecule has 0 radical (unpaired) electrons. The standard InChI is InChI=1S/C27H18N4O3S/c1-29-25(32)21(16-28)27-31(19-10-6-3-7-11-19)26(33)23(35-27)15-17-12-13-22-20(14-17)24(34-30-22)18-8-4-2-5-9-18/h2-15H,1H3,(H,29,32)/b23-15+,27-21-. The topological polar surface area (TPSA) is 101 Å². The average molecular weight is 479 g/mol. The Morgan fingerprint density at radius 1 is 1.09 bits per heavy atom. The number of carbonyl (C=O) groups excluding carboxylic acids is 1. The van der Waals surface area contributed by atoms with Gasteiger partial charge in [0.2, 0.25) is 0 Å². The first kappa shape index (κ1) is 22.1. The first-order valence-corrected chi connectivity index (χ1v) is 11.5. The molecule has 170 valence electrons. The minimum absolute atomic E-state index is 0.126. The second-order valence-corrected chi connectivity index (χ2v) is 8.64. The molecule has 7 nitrogen and oxygen atoms in total. The van der Waals surface area contributed by atoms with Gasteiger partial charge in [0.1, 0.15) is 16.2 Å². The van der Waals surface area contributed by atoms with Crippen molar-refractivity contribution in [3.05, 3.63) is 104 Å². The van der Waals surface area contributed by atoms with Gasteiger partial charge >= 0.3 is 0 Å². The van der Waals surface area contributed by atoms with E-state index in [4.69, 9.17) is 4.52 Å². The Morgan fingerprint density at radius 3 is 2.49 bits per heavy atom. The molecule has 8 heteroatoms. The van der Waals surface area contributed by atoms with Crippen LogP contribution in [0.15, 0.2) is 88.2 Å². The number of nitrogens with one attached hydrogen (secondary N) is 1. The Balaban J connectivity index is 1.76. The van der Waals surface area contributed by atoms with Gasteiger partial charge in [0.25, 0.3) is 11.5 Å². The number of nitriles is 1. The van der Waals surface area contributed by atoms with Gasteiger partial charge in [-0.1, -0.05) is 59.8 Å². The third-order valence-corrected chi connectivity index (χ3v) is 6.54. The Kier molecular flexibility index (Phi) is 5.83. The fourth-order valence-electron chi connectivity index (χ4n) is 3.78. The van der Waals surface area contributed by atoms with Crippen molar-refractivity contribution >= 4 is 39.8 Å². The Labute approximate surface area is 203 Å². The van der Waals surface area contributed by atoms with Crippen molar-refractivity contribution in [3.63, 3.8) is 0 Å². The normalized spacial score (nSPS) is 12.4. The highest BCUT2D eigenvalue weighted by Gasteiger charge is 2.16. The number of para-hydroxylation sites is 1. The molecule has 5 rings (SSSR count). The van der Waals surface area contributed by atoms with E-state index in [-0.39, 0.29) is 15.8 Å². The summed E-state index contributed by atoms with van der Waals surface area (Å²) in [6, 6.07) is 26.1. The molecule has 0 aliphatic carbocycles. The molecule has 5 aromatic rings. The molecule has 0 saturated heterocycles. The van der Waals surface area contributed by atoms with Crippen molar-refractivity contribution in [2.24, 2.45) is 0 Å². The van der Waals surface area contributed by atoms with Crippen molar-refractivity contribution in [3.8, 4) is 23.1 Å².